The van der Waals surface area contributed by atoms with Crippen LogP contribution in [0.1, 0.15) is 24.9 Å². The number of thioether (sulfide) groups is 1. The summed E-state index contributed by atoms with van der Waals surface area (Å²) in [5.74, 6) is 1.10. The zero-order chi connectivity index (χ0) is 24.1. The van der Waals surface area contributed by atoms with Crippen LogP contribution in [-0.4, -0.2) is 55.0 Å². The molecular formula is C25H28N4O4S. The van der Waals surface area contributed by atoms with E-state index in [1.807, 2.05) is 49.4 Å². The first-order valence-corrected chi connectivity index (χ1v) is 12.0. The van der Waals surface area contributed by atoms with E-state index in [0.29, 0.717) is 28.4 Å². The molecule has 8 nitrogen and oxygen atoms in total. The number of para-hydroxylation sites is 2. The number of carbonyl (C=O) groups excluding carboxylic acids is 2. The molecule has 2 aromatic carbocycles. The molecule has 4 rings (SSSR count). The van der Waals surface area contributed by atoms with Crippen LogP contribution in [-0.2, 0) is 14.3 Å². The number of ether oxygens (including phenoxy) is 2. The second kappa shape index (κ2) is 10.8. The molecule has 1 saturated heterocycles. The van der Waals surface area contributed by atoms with Gasteiger partial charge in [0, 0.05) is 25.1 Å². The van der Waals surface area contributed by atoms with Gasteiger partial charge in [0.05, 0.1) is 30.1 Å². The molecule has 0 aromatic heterocycles. The summed E-state index contributed by atoms with van der Waals surface area (Å²) >= 11 is 1.70. The van der Waals surface area contributed by atoms with Gasteiger partial charge in [0.25, 0.3) is 5.91 Å². The largest absolute Gasteiger partial charge is 0.495 e. The molecule has 0 radical (unpaired) electrons. The molecule has 2 aliphatic heterocycles. The van der Waals surface area contributed by atoms with Gasteiger partial charge in [-0.25, -0.2) is 4.99 Å². The number of amidine groups is 1. The van der Waals surface area contributed by atoms with Crippen LogP contribution in [0.25, 0.3) is 0 Å². The minimum absolute atomic E-state index is 0.0290. The molecule has 1 atom stereocenters. The summed E-state index contributed by atoms with van der Waals surface area (Å²) in [5.41, 5.74) is 3.38. The quantitative estimate of drug-likeness (QED) is 0.621. The summed E-state index contributed by atoms with van der Waals surface area (Å²) in [6.45, 7) is 2.63. The number of benzene rings is 2. The Morgan fingerprint density at radius 3 is 2.76 bits per heavy atom. The van der Waals surface area contributed by atoms with Crippen molar-refractivity contribution in [3.8, 4) is 5.75 Å². The molecule has 2 aromatic rings. The fourth-order valence-electron chi connectivity index (χ4n) is 4.16. The van der Waals surface area contributed by atoms with Crippen molar-refractivity contribution in [1.29, 1.82) is 0 Å². The second-order valence-electron chi connectivity index (χ2n) is 7.95. The topological polar surface area (TPSA) is 92.3 Å². The third-order valence-corrected chi connectivity index (χ3v) is 6.70. The molecule has 9 heteroatoms. The molecule has 0 bridgehead atoms. The number of hydrogen-bond acceptors (Lipinski definition) is 7. The standard InChI is InChI=1S/C25H28N4O4S/c1-16-22(24(31)28-19-10-4-5-11-20(19)33-3)23(29-12-7-13-34-25(29)26-16)17-8-6-9-18(14-17)27-21(30)15-32-2/h4-6,8-11,14,23H,7,12-13,15H2,1-3H3,(H,27,30)(H,28,31). The Hall–Kier alpha value is -3.30. The van der Waals surface area contributed by atoms with E-state index < -0.39 is 0 Å². The number of fused-ring (bicyclic) bond motifs is 1. The van der Waals surface area contributed by atoms with E-state index in [4.69, 9.17) is 14.5 Å². The Morgan fingerprint density at radius 2 is 1.97 bits per heavy atom. The van der Waals surface area contributed by atoms with Crippen molar-refractivity contribution in [2.45, 2.75) is 19.4 Å². The number of hydrogen-bond donors (Lipinski definition) is 2. The second-order valence-corrected chi connectivity index (χ2v) is 9.01. The SMILES string of the molecule is COCC(=O)Nc1cccc(C2C(C(=O)Nc3ccccc3OC)=C(C)N=C3SCCCN32)c1. The summed E-state index contributed by atoms with van der Waals surface area (Å²) < 4.78 is 10.3. The molecule has 1 fully saturated rings. The average molecular weight is 481 g/mol. The maximum atomic E-state index is 13.6. The van der Waals surface area contributed by atoms with Crippen molar-refractivity contribution in [1.82, 2.24) is 4.90 Å². The average Bonchev–Trinajstić information content (AvgIpc) is 2.83. The van der Waals surface area contributed by atoms with Crippen LogP contribution in [0.3, 0.4) is 0 Å². The van der Waals surface area contributed by atoms with Gasteiger partial charge in [-0.15, -0.1) is 0 Å². The van der Waals surface area contributed by atoms with Crippen molar-refractivity contribution >= 4 is 40.1 Å². The van der Waals surface area contributed by atoms with Gasteiger partial charge in [-0.05, 0) is 43.2 Å². The van der Waals surface area contributed by atoms with E-state index in [2.05, 4.69) is 15.5 Å². The Kier molecular flexibility index (Phi) is 7.54. The van der Waals surface area contributed by atoms with E-state index in [1.165, 1.54) is 7.11 Å². The number of nitrogens with one attached hydrogen (secondary N) is 2. The smallest absolute Gasteiger partial charge is 0.255 e. The van der Waals surface area contributed by atoms with Crippen molar-refractivity contribution < 1.29 is 19.1 Å². The third kappa shape index (κ3) is 5.10. The fraction of sp³-hybridized carbons (Fsp3) is 0.320. The molecule has 2 aliphatic rings. The summed E-state index contributed by atoms with van der Waals surface area (Å²) in [6, 6.07) is 14.6. The number of rotatable bonds is 7. The molecule has 34 heavy (non-hydrogen) atoms. The number of anilines is 2. The van der Waals surface area contributed by atoms with Gasteiger partial charge in [0.15, 0.2) is 5.17 Å². The van der Waals surface area contributed by atoms with Gasteiger partial charge < -0.3 is 25.0 Å². The van der Waals surface area contributed by atoms with Crippen LogP contribution < -0.4 is 15.4 Å². The molecular weight excluding hydrogens is 452 g/mol. The van der Waals surface area contributed by atoms with E-state index in [0.717, 1.165) is 29.4 Å². The number of amides is 2. The zero-order valence-electron chi connectivity index (χ0n) is 19.5. The molecule has 0 spiro atoms. The molecule has 0 aliphatic carbocycles. The van der Waals surface area contributed by atoms with Crippen molar-refractivity contribution in [3.63, 3.8) is 0 Å². The summed E-state index contributed by atoms with van der Waals surface area (Å²) in [6.07, 6.45) is 0.991. The monoisotopic (exact) mass is 480 g/mol. The van der Waals surface area contributed by atoms with Crippen LogP contribution in [0.2, 0.25) is 0 Å². The van der Waals surface area contributed by atoms with Crippen molar-refractivity contribution in [3.05, 3.63) is 65.4 Å². The predicted molar refractivity (Wildman–Crippen MR) is 135 cm³/mol. The molecule has 2 heterocycles. The van der Waals surface area contributed by atoms with Crippen molar-refractivity contribution in [2.75, 3.05) is 43.8 Å². The number of nitrogens with zero attached hydrogens (tertiary/aromatic N) is 2. The number of carbonyl (C=O) groups is 2. The number of aliphatic imine (C=N–C) groups is 1. The normalized spacial score (nSPS) is 17.6. The first-order valence-electron chi connectivity index (χ1n) is 11.0. The molecule has 2 N–H and O–H groups in total. The fourth-order valence-corrected chi connectivity index (χ4v) is 5.18. The third-order valence-electron chi connectivity index (χ3n) is 5.62. The van der Waals surface area contributed by atoms with Gasteiger partial charge in [0.1, 0.15) is 12.4 Å². The van der Waals surface area contributed by atoms with Crippen LogP contribution >= 0.6 is 11.8 Å². The molecule has 2 amide bonds. The minimum atomic E-state index is -0.339. The zero-order valence-corrected chi connectivity index (χ0v) is 20.3. The Labute approximate surface area is 203 Å². The summed E-state index contributed by atoms with van der Waals surface area (Å²) in [7, 11) is 3.05. The van der Waals surface area contributed by atoms with Gasteiger partial charge in [-0.2, -0.15) is 0 Å². The van der Waals surface area contributed by atoms with E-state index in [-0.39, 0.29) is 24.5 Å². The summed E-state index contributed by atoms with van der Waals surface area (Å²) in [4.78, 5) is 32.6. The van der Waals surface area contributed by atoms with Gasteiger partial charge >= 0.3 is 0 Å². The highest BCUT2D eigenvalue weighted by Gasteiger charge is 2.37. The van der Waals surface area contributed by atoms with Crippen LogP contribution in [0.4, 0.5) is 11.4 Å². The Morgan fingerprint density at radius 1 is 1.15 bits per heavy atom. The maximum Gasteiger partial charge on any atom is 0.255 e. The van der Waals surface area contributed by atoms with Crippen LogP contribution in [0.15, 0.2) is 64.8 Å². The minimum Gasteiger partial charge on any atom is -0.495 e. The number of allylic oxidation sites excluding steroid dienone is 1. The Bertz CT molecular complexity index is 1150. The van der Waals surface area contributed by atoms with Gasteiger partial charge in [-0.1, -0.05) is 36.0 Å². The van der Waals surface area contributed by atoms with Gasteiger partial charge in [-0.3, -0.25) is 9.59 Å². The maximum absolute atomic E-state index is 13.6. The van der Waals surface area contributed by atoms with E-state index in [9.17, 15) is 9.59 Å². The lowest BCUT2D eigenvalue weighted by Gasteiger charge is -2.41. The lowest BCUT2D eigenvalue weighted by Crippen LogP contribution is -2.43. The highest BCUT2D eigenvalue weighted by molar-refractivity contribution is 8.13. The lowest BCUT2D eigenvalue weighted by atomic mass is 9.93. The highest BCUT2D eigenvalue weighted by Crippen LogP contribution is 2.40. The molecule has 1 unspecified atom stereocenters. The first kappa shape index (κ1) is 23.8. The summed E-state index contributed by atoms with van der Waals surface area (Å²) in [5, 5.41) is 6.78. The van der Waals surface area contributed by atoms with Crippen molar-refractivity contribution in [2.24, 2.45) is 4.99 Å². The van der Waals surface area contributed by atoms with Gasteiger partial charge in [0.2, 0.25) is 5.91 Å². The molecule has 178 valence electrons. The van der Waals surface area contributed by atoms with Crippen LogP contribution in [0, 0.1) is 0 Å². The lowest BCUT2D eigenvalue weighted by molar-refractivity contribution is -0.119. The molecule has 0 saturated carbocycles. The van der Waals surface area contributed by atoms with E-state index in [1.54, 1.807) is 24.9 Å². The first-order chi connectivity index (χ1) is 16.5. The predicted octanol–water partition coefficient (Wildman–Crippen LogP) is 4.04. The number of methoxy groups -OCH3 is 2. The Balaban J connectivity index is 1.72. The van der Waals surface area contributed by atoms with E-state index >= 15 is 0 Å². The highest BCUT2D eigenvalue weighted by atomic mass is 32.2. The van der Waals surface area contributed by atoms with Crippen LogP contribution in [0.5, 0.6) is 5.75 Å².